The van der Waals surface area contributed by atoms with E-state index in [4.69, 9.17) is 5.73 Å². The van der Waals surface area contributed by atoms with Crippen LogP contribution in [0.15, 0.2) is 27.1 Å². The first-order valence-electron chi connectivity index (χ1n) is 3.31. The van der Waals surface area contributed by atoms with Gasteiger partial charge in [0.15, 0.2) is 0 Å². The lowest BCUT2D eigenvalue weighted by Gasteiger charge is -1.90. The second-order valence-electron chi connectivity index (χ2n) is 2.42. The number of rotatable bonds is 0. The molecule has 0 aliphatic rings. The molecule has 1 nitrogen and oxygen atoms in total. The molecule has 62 valence electrons. The Morgan fingerprint density at radius 3 is 2.75 bits per heavy atom. The Bertz CT molecular complexity index is 436. The summed E-state index contributed by atoms with van der Waals surface area (Å²) in [5.41, 5.74) is 5.76. The minimum Gasteiger partial charge on any atom is -0.390 e. The van der Waals surface area contributed by atoms with Crippen LogP contribution in [0.3, 0.4) is 0 Å². The van der Waals surface area contributed by atoms with Crippen molar-refractivity contribution in [3.63, 3.8) is 0 Å². The summed E-state index contributed by atoms with van der Waals surface area (Å²) in [7, 11) is 0. The van der Waals surface area contributed by atoms with Gasteiger partial charge in [0.2, 0.25) is 0 Å². The van der Waals surface area contributed by atoms with Crippen molar-refractivity contribution >= 4 is 58.3 Å². The maximum atomic E-state index is 5.76. The van der Waals surface area contributed by atoms with Crippen LogP contribution in [-0.2, 0) is 0 Å². The molecule has 0 bridgehead atoms. The number of hydrogen-bond acceptors (Lipinski definition) is 2. The Morgan fingerprint density at radius 1 is 1.25 bits per heavy atom. The number of fused-ring (bicyclic) bond motifs is 1. The van der Waals surface area contributed by atoms with Crippen molar-refractivity contribution in [2.45, 2.75) is 0 Å². The number of benzene rings is 1. The van der Waals surface area contributed by atoms with E-state index in [2.05, 4.69) is 44.0 Å². The van der Waals surface area contributed by atoms with Crippen molar-refractivity contribution < 1.29 is 0 Å². The molecule has 0 aliphatic carbocycles. The minimum atomic E-state index is 0.836. The zero-order chi connectivity index (χ0) is 8.72. The normalized spacial score (nSPS) is 10.8. The van der Waals surface area contributed by atoms with Crippen LogP contribution in [0.4, 0.5) is 5.00 Å². The number of halogens is 2. The monoisotopic (exact) mass is 305 g/mol. The van der Waals surface area contributed by atoms with E-state index in [9.17, 15) is 0 Å². The van der Waals surface area contributed by atoms with E-state index < -0.39 is 0 Å². The van der Waals surface area contributed by atoms with Crippen molar-refractivity contribution in [3.05, 3.63) is 27.1 Å². The van der Waals surface area contributed by atoms with Crippen molar-refractivity contribution in [2.24, 2.45) is 0 Å². The molecule has 0 aliphatic heterocycles. The van der Waals surface area contributed by atoms with E-state index in [1.807, 2.05) is 6.07 Å². The number of thiophene rings is 1. The van der Waals surface area contributed by atoms with Gasteiger partial charge in [0, 0.05) is 14.6 Å². The average molecular weight is 307 g/mol. The van der Waals surface area contributed by atoms with Crippen LogP contribution in [0.25, 0.3) is 10.1 Å². The Balaban J connectivity index is 2.87. The molecule has 0 atom stereocenters. The molecule has 0 radical (unpaired) electrons. The number of hydrogen-bond donors (Lipinski definition) is 1. The van der Waals surface area contributed by atoms with E-state index in [1.54, 1.807) is 11.3 Å². The maximum absolute atomic E-state index is 5.76. The lowest BCUT2D eigenvalue weighted by Crippen LogP contribution is -1.76. The molecule has 0 fully saturated rings. The highest BCUT2D eigenvalue weighted by Gasteiger charge is 2.06. The quantitative estimate of drug-likeness (QED) is 0.782. The molecule has 1 aromatic heterocycles. The van der Waals surface area contributed by atoms with Gasteiger partial charge < -0.3 is 5.73 Å². The van der Waals surface area contributed by atoms with Gasteiger partial charge in [0.25, 0.3) is 0 Å². The second kappa shape index (κ2) is 3.01. The molecule has 2 aromatic rings. The molecule has 1 aromatic carbocycles. The molecule has 0 saturated carbocycles. The van der Waals surface area contributed by atoms with E-state index in [-0.39, 0.29) is 0 Å². The fraction of sp³-hybridized carbons (Fsp3) is 0. The minimum absolute atomic E-state index is 0.836. The topological polar surface area (TPSA) is 26.0 Å². The van der Waals surface area contributed by atoms with Gasteiger partial charge in [0.1, 0.15) is 5.00 Å². The van der Waals surface area contributed by atoms with E-state index in [1.165, 1.54) is 10.1 Å². The highest BCUT2D eigenvalue weighted by Crippen LogP contribution is 2.38. The van der Waals surface area contributed by atoms with Crippen molar-refractivity contribution in [3.8, 4) is 0 Å². The Morgan fingerprint density at radius 2 is 2.00 bits per heavy atom. The smallest absolute Gasteiger partial charge is 0.101 e. The number of nitrogens with two attached hydrogens (primary N) is 1. The Kier molecular flexibility index (Phi) is 2.14. The molecular formula is C8H5Br2NS. The first-order valence-corrected chi connectivity index (χ1v) is 5.72. The summed E-state index contributed by atoms with van der Waals surface area (Å²) >= 11 is 8.46. The molecule has 12 heavy (non-hydrogen) atoms. The van der Waals surface area contributed by atoms with Gasteiger partial charge >= 0.3 is 0 Å². The van der Waals surface area contributed by atoms with E-state index >= 15 is 0 Å². The molecule has 1 heterocycles. The van der Waals surface area contributed by atoms with Gasteiger partial charge in [-0.1, -0.05) is 22.0 Å². The van der Waals surface area contributed by atoms with Gasteiger partial charge in [-0.2, -0.15) is 0 Å². The average Bonchev–Trinajstić information content (AvgIpc) is 2.28. The highest BCUT2D eigenvalue weighted by molar-refractivity contribution is 9.11. The van der Waals surface area contributed by atoms with Gasteiger partial charge in [0.05, 0.1) is 4.47 Å². The predicted molar refractivity (Wildman–Crippen MR) is 61.6 cm³/mol. The third-order valence-corrected chi connectivity index (χ3v) is 4.21. The maximum Gasteiger partial charge on any atom is 0.101 e. The summed E-state index contributed by atoms with van der Waals surface area (Å²) < 4.78 is 3.30. The van der Waals surface area contributed by atoms with E-state index in [0.717, 1.165) is 13.9 Å². The lowest BCUT2D eigenvalue weighted by atomic mass is 10.3. The first-order chi connectivity index (χ1) is 5.68. The van der Waals surface area contributed by atoms with Crippen LogP contribution in [0.2, 0.25) is 0 Å². The largest absolute Gasteiger partial charge is 0.390 e. The molecule has 0 saturated heterocycles. The summed E-state index contributed by atoms with van der Waals surface area (Å²) in [6, 6.07) is 6.14. The number of nitrogen functional groups attached to an aromatic ring is 1. The third kappa shape index (κ3) is 1.28. The predicted octanol–water partition coefficient (Wildman–Crippen LogP) is 4.01. The Hall–Kier alpha value is -0.0600. The van der Waals surface area contributed by atoms with Crippen molar-refractivity contribution in [1.29, 1.82) is 0 Å². The van der Waals surface area contributed by atoms with E-state index in [0.29, 0.717) is 0 Å². The van der Waals surface area contributed by atoms with Crippen LogP contribution < -0.4 is 5.73 Å². The standard InChI is InChI=1S/C8H5Br2NS/c9-4-1-2-5-6(3-4)12-8(11)7(5)10/h1-3H,11H2. The summed E-state index contributed by atoms with van der Waals surface area (Å²) in [6.07, 6.45) is 0. The molecular weight excluding hydrogens is 302 g/mol. The summed E-state index contributed by atoms with van der Waals surface area (Å²) in [4.78, 5) is 0. The molecule has 2 N–H and O–H groups in total. The van der Waals surface area contributed by atoms with Gasteiger partial charge in [-0.15, -0.1) is 11.3 Å². The van der Waals surface area contributed by atoms with Crippen LogP contribution in [-0.4, -0.2) is 0 Å². The van der Waals surface area contributed by atoms with Crippen molar-refractivity contribution in [2.75, 3.05) is 5.73 Å². The molecule has 0 amide bonds. The third-order valence-electron chi connectivity index (χ3n) is 1.62. The molecule has 0 unspecified atom stereocenters. The second-order valence-corrected chi connectivity index (χ2v) is 5.21. The van der Waals surface area contributed by atoms with Gasteiger partial charge in [-0.05, 0) is 28.1 Å². The fourth-order valence-electron chi connectivity index (χ4n) is 1.06. The van der Waals surface area contributed by atoms with Crippen LogP contribution in [0.1, 0.15) is 0 Å². The summed E-state index contributed by atoms with van der Waals surface area (Å²) in [6.45, 7) is 0. The molecule has 2 rings (SSSR count). The Labute approximate surface area is 90.8 Å². The zero-order valence-corrected chi connectivity index (χ0v) is 9.96. The van der Waals surface area contributed by atoms with Crippen LogP contribution in [0.5, 0.6) is 0 Å². The SMILES string of the molecule is Nc1sc2cc(Br)ccc2c1Br. The zero-order valence-electron chi connectivity index (χ0n) is 5.97. The highest BCUT2D eigenvalue weighted by atomic mass is 79.9. The molecule has 4 heteroatoms. The van der Waals surface area contributed by atoms with Crippen LogP contribution >= 0.6 is 43.2 Å². The van der Waals surface area contributed by atoms with Crippen LogP contribution in [0, 0.1) is 0 Å². The van der Waals surface area contributed by atoms with Gasteiger partial charge in [-0.25, -0.2) is 0 Å². The summed E-state index contributed by atoms with van der Waals surface area (Å²) in [5, 5.41) is 2.02. The van der Waals surface area contributed by atoms with Gasteiger partial charge in [-0.3, -0.25) is 0 Å². The van der Waals surface area contributed by atoms with Crippen molar-refractivity contribution in [1.82, 2.24) is 0 Å². The molecule has 0 spiro atoms. The first kappa shape index (κ1) is 8.53. The fourth-order valence-corrected chi connectivity index (χ4v) is 3.19. The number of anilines is 1. The lowest BCUT2D eigenvalue weighted by molar-refractivity contribution is 1.75. The summed E-state index contributed by atoms with van der Waals surface area (Å²) in [5.74, 6) is 0.